The average Bonchev–Trinajstić information content (AvgIpc) is 2.79. The summed E-state index contributed by atoms with van der Waals surface area (Å²) < 4.78 is 42.2. The van der Waals surface area contributed by atoms with Crippen LogP contribution in [0.5, 0.6) is 0 Å². The summed E-state index contributed by atoms with van der Waals surface area (Å²) >= 11 is 1.19. The standard InChI is InChI=1S/C8H10F3N5OS/c1-17-3-5-13-14-7-16(5)15-6(18-7)2-12-4-8(9,10)11/h12H,2-4H2,1H3. The van der Waals surface area contributed by atoms with E-state index in [0.717, 1.165) is 0 Å². The van der Waals surface area contributed by atoms with E-state index < -0.39 is 12.7 Å². The summed E-state index contributed by atoms with van der Waals surface area (Å²) in [4.78, 5) is 0.533. The molecule has 0 spiro atoms. The fourth-order valence-corrected chi connectivity index (χ4v) is 2.12. The monoisotopic (exact) mass is 281 g/mol. The SMILES string of the molecule is COCc1nnc2sc(CNCC(F)(F)F)nn12. The van der Waals surface area contributed by atoms with Gasteiger partial charge in [0.25, 0.3) is 0 Å². The summed E-state index contributed by atoms with van der Waals surface area (Å²) in [5, 5.41) is 14.6. The quantitative estimate of drug-likeness (QED) is 0.885. The summed E-state index contributed by atoms with van der Waals surface area (Å²) in [6, 6.07) is 0. The van der Waals surface area contributed by atoms with Crippen molar-refractivity contribution in [1.29, 1.82) is 0 Å². The fraction of sp³-hybridized carbons (Fsp3) is 0.625. The maximum atomic E-state index is 11.9. The lowest BCUT2D eigenvalue weighted by atomic mass is 10.6. The zero-order valence-electron chi connectivity index (χ0n) is 9.36. The molecule has 0 bridgehead atoms. The molecular formula is C8H10F3N5OS. The molecule has 0 saturated heterocycles. The van der Waals surface area contributed by atoms with E-state index in [1.807, 2.05) is 0 Å². The van der Waals surface area contributed by atoms with Crippen molar-refractivity contribution in [2.75, 3.05) is 13.7 Å². The number of nitrogens with zero attached hydrogens (tertiary/aromatic N) is 4. The average molecular weight is 281 g/mol. The number of fused-ring (bicyclic) bond motifs is 1. The Bertz CT molecular complexity index is 522. The molecule has 0 radical (unpaired) electrons. The molecule has 0 unspecified atom stereocenters. The van der Waals surface area contributed by atoms with Gasteiger partial charge in [-0.25, -0.2) is 0 Å². The summed E-state index contributed by atoms with van der Waals surface area (Å²) in [5.41, 5.74) is 0. The highest BCUT2D eigenvalue weighted by Crippen LogP contribution is 2.16. The highest BCUT2D eigenvalue weighted by molar-refractivity contribution is 7.16. The molecule has 2 aromatic heterocycles. The van der Waals surface area contributed by atoms with Gasteiger partial charge in [-0.2, -0.15) is 22.8 Å². The van der Waals surface area contributed by atoms with E-state index in [0.29, 0.717) is 15.8 Å². The Balaban J connectivity index is 2.02. The van der Waals surface area contributed by atoms with Crippen molar-refractivity contribution in [2.45, 2.75) is 19.3 Å². The van der Waals surface area contributed by atoms with E-state index in [4.69, 9.17) is 4.74 Å². The first-order valence-corrected chi connectivity index (χ1v) is 5.77. The van der Waals surface area contributed by atoms with Crippen LogP contribution in [0.15, 0.2) is 0 Å². The molecule has 2 rings (SSSR count). The van der Waals surface area contributed by atoms with Crippen molar-refractivity contribution in [1.82, 2.24) is 25.1 Å². The van der Waals surface area contributed by atoms with Gasteiger partial charge in [0.1, 0.15) is 11.6 Å². The molecule has 0 aliphatic rings. The Kier molecular flexibility index (Phi) is 3.78. The second kappa shape index (κ2) is 5.16. The number of methoxy groups -OCH3 is 1. The normalized spacial score (nSPS) is 12.4. The number of rotatable bonds is 5. The van der Waals surface area contributed by atoms with Crippen LogP contribution in [0, 0.1) is 0 Å². The molecule has 100 valence electrons. The largest absolute Gasteiger partial charge is 0.401 e. The minimum Gasteiger partial charge on any atom is -0.377 e. The first-order chi connectivity index (χ1) is 8.49. The Labute approximate surface area is 104 Å². The number of nitrogens with one attached hydrogen (secondary N) is 1. The van der Waals surface area contributed by atoms with Crippen molar-refractivity contribution < 1.29 is 17.9 Å². The summed E-state index contributed by atoms with van der Waals surface area (Å²) in [7, 11) is 1.51. The van der Waals surface area contributed by atoms with Crippen LogP contribution < -0.4 is 5.32 Å². The number of hydrogen-bond acceptors (Lipinski definition) is 6. The molecule has 0 aliphatic carbocycles. The van der Waals surface area contributed by atoms with Gasteiger partial charge in [-0.15, -0.1) is 10.2 Å². The minimum atomic E-state index is -4.22. The van der Waals surface area contributed by atoms with E-state index in [9.17, 15) is 13.2 Å². The van der Waals surface area contributed by atoms with E-state index >= 15 is 0 Å². The van der Waals surface area contributed by atoms with Crippen LogP contribution in [0.3, 0.4) is 0 Å². The maximum Gasteiger partial charge on any atom is 0.401 e. The molecule has 6 nitrogen and oxygen atoms in total. The summed E-state index contributed by atoms with van der Waals surface area (Å²) in [5.74, 6) is 0.519. The zero-order chi connectivity index (χ0) is 13.2. The second-order valence-corrected chi connectivity index (χ2v) is 4.50. The number of halogens is 3. The smallest absolute Gasteiger partial charge is 0.377 e. The molecule has 0 atom stereocenters. The molecule has 0 saturated carbocycles. The predicted octanol–water partition coefficient (Wildman–Crippen LogP) is 0.984. The van der Waals surface area contributed by atoms with Gasteiger partial charge in [-0.3, -0.25) is 0 Å². The topological polar surface area (TPSA) is 64.3 Å². The molecular weight excluding hydrogens is 271 g/mol. The highest BCUT2D eigenvalue weighted by atomic mass is 32.1. The van der Waals surface area contributed by atoms with Crippen LogP contribution in [0.4, 0.5) is 13.2 Å². The highest BCUT2D eigenvalue weighted by Gasteiger charge is 2.26. The van der Waals surface area contributed by atoms with Gasteiger partial charge in [0.2, 0.25) is 4.96 Å². The van der Waals surface area contributed by atoms with Crippen LogP contribution in [0.2, 0.25) is 0 Å². The third-order valence-electron chi connectivity index (χ3n) is 1.97. The molecule has 10 heteroatoms. The van der Waals surface area contributed by atoms with Gasteiger partial charge in [0.05, 0.1) is 13.1 Å². The first-order valence-electron chi connectivity index (χ1n) is 4.96. The van der Waals surface area contributed by atoms with E-state index in [2.05, 4.69) is 20.6 Å². The van der Waals surface area contributed by atoms with Crippen molar-refractivity contribution in [2.24, 2.45) is 0 Å². The van der Waals surface area contributed by atoms with E-state index in [-0.39, 0.29) is 13.2 Å². The minimum absolute atomic E-state index is 0.0416. The van der Waals surface area contributed by atoms with E-state index in [1.165, 1.54) is 23.0 Å². The Morgan fingerprint density at radius 1 is 1.39 bits per heavy atom. The molecule has 18 heavy (non-hydrogen) atoms. The number of alkyl halides is 3. The first kappa shape index (κ1) is 13.2. The lowest BCUT2D eigenvalue weighted by molar-refractivity contribution is -0.125. The van der Waals surface area contributed by atoms with Crippen molar-refractivity contribution >= 4 is 16.3 Å². The lowest BCUT2D eigenvalue weighted by Crippen LogP contribution is -2.28. The summed E-state index contributed by atoms with van der Waals surface area (Å²) in [6.07, 6.45) is -4.22. The van der Waals surface area contributed by atoms with Crippen LogP contribution >= 0.6 is 11.3 Å². The van der Waals surface area contributed by atoms with Crippen LogP contribution in [-0.2, 0) is 17.9 Å². The van der Waals surface area contributed by atoms with Gasteiger partial charge in [-0.05, 0) is 0 Å². The van der Waals surface area contributed by atoms with Crippen LogP contribution in [-0.4, -0.2) is 39.6 Å². The predicted molar refractivity (Wildman–Crippen MR) is 57.1 cm³/mol. The van der Waals surface area contributed by atoms with Gasteiger partial charge in [0.15, 0.2) is 5.82 Å². The molecule has 2 aromatic rings. The van der Waals surface area contributed by atoms with Crippen molar-refractivity contribution in [3.8, 4) is 0 Å². The number of ether oxygens (including phenoxy) is 1. The number of hydrogen-bond donors (Lipinski definition) is 1. The molecule has 0 fully saturated rings. The Morgan fingerprint density at radius 2 is 2.17 bits per heavy atom. The zero-order valence-corrected chi connectivity index (χ0v) is 10.2. The Hall–Kier alpha value is -1.26. The van der Waals surface area contributed by atoms with Gasteiger partial charge < -0.3 is 10.1 Å². The molecule has 0 amide bonds. The van der Waals surface area contributed by atoms with Gasteiger partial charge in [0, 0.05) is 7.11 Å². The van der Waals surface area contributed by atoms with Crippen molar-refractivity contribution in [3.05, 3.63) is 10.8 Å². The van der Waals surface area contributed by atoms with Gasteiger partial charge >= 0.3 is 6.18 Å². The Morgan fingerprint density at radius 3 is 2.83 bits per heavy atom. The third kappa shape index (κ3) is 3.15. The molecule has 0 aliphatic heterocycles. The molecule has 1 N–H and O–H groups in total. The fourth-order valence-electron chi connectivity index (χ4n) is 1.30. The van der Waals surface area contributed by atoms with E-state index in [1.54, 1.807) is 0 Å². The number of aromatic nitrogens is 4. The maximum absolute atomic E-state index is 11.9. The lowest BCUT2D eigenvalue weighted by Gasteiger charge is -2.05. The van der Waals surface area contributed by atoms with Gasteiger partial charge in [-0.1, -0.05) is 11.3 Å². The molecule has 2 heterocycles. The molecule has 0 aromatic carbocycles. The summed E-state index contributed by atoms with van der Waals surface area (Å²) in [6.45, 7) is -0.752. The third-order valence-corrected chi connectivity index (χ3v) is 2.87. The van der Waals surface area contributed by atoms with Crippen LogP contribution in [0.1, 0.15) is 10.8 Å². The second-order valence-electron chi connectivity index (χ2n) is 3.46. The van der Waals surface area contributed by atoms with Crippen LogP contribution in [0.25, 0.3) is 4.96 Å². The van der Waals surface area contributed by atoms with Crippen molar-refractivity contribution in [3.63, 3.8) is 0 Å².